The van der Waals surface area contributed by atoms with E-state index in [-0.39, 0.29) is 0 Å². The Morgan fingerprint density at radius 3 is 2.62 bits per heavy atom. The maximum Gasteiger partial charge on any atom is 0.0351 e. The van der Waals surface area contributed by atoms with Gasteiger partial charge >= 0.3 is 0 Å². The summed E-state index contributed by atoms with van der Waals surface area (Å²) in [5, 5.41) is 3.72. The number of rotatable bonds is 6. The molecule has 2 unspecified atom stereocenters. The fourth-order valence-corrected chi connectivity index (χ4v) is 2.22. The summed E-state index contributed by atoms with van der Waals surface area (Å²) in [4.78, 5) is 0. The van der Waals surface area contributed by atoms with Crippen LogP contribution >= 0.6 is 0 Å². The van der Waals surface area contributed by atoms with E-state index >= 15 is 0 Å². The first-order valence-corrected chi connectivity index (χ1v) is 6.23. The van der Waals surface area contributed by atoms with Crippen LogP contribution in [0.15, 0.2) is 43.0 Å². The zero-order valence-electron chi connectivity index (χ0n) is 10.0. The third kappa shape index (κ3) is 2.96. The second kappa shape index (κ2) is 5.31. The summed E-state index contributed by atoms with van der Waals surface area (Å²) in [6, 6.07) is 11.9. The minimum Gasteiger partial charge on any atom is -0.307 e. The Morgan fingerprint density at radius 1 is 1.38 bits per heavy atom. The van der Waals surface area contributed by atoms with Crippen LogP contribution in [-0.2, 0) is 0 Å². The van der Waals surface area contributed by atoms with E-state index in [1.165, 1.54) is 18.4 Å². The third-order valence-corrected chi connectivity index (χ3v) is 3.24. The minimum atomic E-state index is 0.517. The molecule has 0 heterocycles. The standard InChI is InChI=1S/C15H21N/c1-3-7-12(2)16-15(14-10-11-14)13-8-5-4-6-9-13/h3-6,8-9,12,14-16H,1,7,10-11H2,2H3. The zero-order valence-corrected chi connectivity index (χ0v) is 10.0. The Bertz CT molecular complexity index is 327. The maximum absolute atomic E-state index is 3.80. The van der Waals surface area contributed by atoms with E-state index in [0.717, 1.165) is 12.3 Å². The van der Waals surface area contributed by atoms with Crippen molar-refractivity contribution >= 4 is 0 Å². The molecule has 0 bridgehead atoms. The van der Waals surface area contributed by atoms with E-state index in [1.807, 2.05) is 6.08 Å². The van der Waals surface area contributed by atoms with Crippen molar-refractivity contribution in [3.63, 3.8) is 0 Å². The first-order valence-electron chi connectivity index (χ1n) is 6.23. The molecular weight excluding hydrogens is 194 g/mol. The van der Waals surface area contributed by atoms with Gasteiger partial charge in [0.05, 0.1) is 0 Å². The van der Waals surface area contributed by atoms with Gasteiger partial charge in [-0.2, -0.15) is 0 Å². The van der Waals surface area contributed by atoms with Gasteiger partial charge in [-0.25, -0.2) is 0 Å². The number of benzene rings is 1. The molecule has 1 nitrogen and oxygen atoms in total. The topological polar surface area (TPSA) is 12.0 Å². The molecule has 0 radical (unpaired) electrons. The summed E-state index contributed by atoms with van der Waals surface area (Å²) in [6.07, 6.45) is 5.77. The molecule has 2 atom stereocenters. The monoisotopic (exact) mass is 215 g/mol. The fourth-order valence-electron chi connectivity index (χ4n) is 2.22. The van der Waals surface area contributed by atoms with Gasteiger partial charge in [-0.05, 0) is 37.7 Å². The largest absolute Gasteiger partial charge is 0.307 e. The van der Waals surface area contributed by atoms with Crippen LogP contribution in [0.5, 0.6) is 0 Å². The second-order valence-electron chi connectivity index (χ2n) is 4.82. The fraction of sp³-hybridized carbons (Fsp3) is 0.467. The molecule has 86 valence electrons. The molecule has 0 saturated heterocycles. The van der Waals surface area contributed by atoms with Gasteiger partial charge in [0, 0.05) is 12.1 Å². The van der Waals surface area contributed by atoms with Gasteiger partial charge in [0.1, 0.15) is 0 Å². The first kappa shape index (κ1) is 11.4. The lowest BCUT2D eigenvalue weighted by Gasteiger charge is -2.23. The summed E-state index contributed by atoms with van der Waals surface area (Å²) >= 11 is 0. The highest BCUT2D eigenvalue weighted by Crippen LogP contribution is 2.41. The van der Waals surface area contributed by atoms with Crippen LogP contribution in [0, 0.1) is 5.92 Å². The molecule has 0 amide bonds. The highest BCUT2D eigenvalue weighted by atomic mass is 15.0. The molecule has 1 aliphatic carbocycles. The SMILES string of the molecule is C=CCC(C)NC(c1ccccc1)C1CC1. The smallest absolute Gasteiger partial charge is 0.0351 e. The number of hydrogen-bond acceptors (Lipinski definition) is 1. The van der Waals surface area contributed by atoms with E-state index in [9.17, 15) is 0 Å². The molecule has 16 heavy (non-hydrogen) atoms. The summed E-state index contributed by atoms with van der Waals surface area (Å²) in [7, 11) is 0. The van der Waals surface area contributed by atoms with Crippen molar-refractivity contribution in [3.05, 3.63) is 48.6 Å². The van der Waals surface area contributed by atoms with Crippen LogP contribution in [0.25, 0.3) is 0 Å². The Hall–Kier alpha value is -1.08. The van der Waals surface area contributed by atoms with Gasteiger partial charge in [0.25, 0.3) is 0 Å². The van der Waals surface area contributed by atoms with Gasteiger partial charge in [0.15, 0.2) is 0 Å². The van der Waals surface area contributed by atoms with Crippen molar-refractivity contribution in [1.82, 2.24) is 5.32 Å². The molecule has 1 saturated carbocycles. The lowest BCUT2D eigenvalue weighted by atomic mass is 10.0. The van der Waals surface area contributed by atoms with E-state index in [1.54, 1.807) is 0 Å². The van der Waals surface area contributed by atoms with Crippen molar-refractivity contribution in [2.45, 2.75) is 38.3 Å². The molecule has 0 aromatic heterocycles. The zero-order chi connectivity index (χ0) is 11.4. The Labute approximate surface area is 98.6 Å². The van der Waals surface area contributed by atoms with Crippen molar-refractivity contribution in [2.75, 3.05) is 0 Å². The van der Waals surface area contributed by atoms with Crippen molar-refractivity contribution in [3.8, 4) is 0 Å². The van der Waals surface area contributed by atoms with E-state index in [2.05, 4.69) is 49.2 Å². The quantitative estimate of drug-likeness (QED) is 0.714. The van der Waals surface area contributed by atoms with Gasteiger partial charge in [-0.3, -0.25) is 0 Å². The Kier molecular flexibility index (Phi) is 3.79. The Morgan fingerprint density at radius 2 is 2.06 bits per heavy atom. The highest BCUT2D eigenvalue weighted by Gasteiger charge is 2.32. The number of hydrogen-bond donors (Lipinski definition) is 1. The molecular formula is C15H21N. The maximum atomic E-state index is 3.80. The van der Waals surface area contributed by atoms with Gasteiger partial charge in [-0.15, -0.1) is 6.58 Å². The van der Waals surface area contributed by atoms with Crippen LogP contribution in [0.3, 0.4) is 0 Å². The van der Waals surface area contributed by atoms with Crippen molar-refractivity contribution in [2.24, 2.45) is 5.92 Å². The Balaban J connectivity index is 2.03. The van der Waals surface area contributed by atoms with Crippen LogP contribution in [0.1, 0.15) is 37.8 Å². The predicted octanol–water partition coefficient (Wildman–Crippen LogP) is 3.69. The average molecular weight is 215 g/mol. The summed E-state index contributed by atoms with van der Waals surface area (Å²) in [6.45, 7) is 6.04. The van der Waals surface area contributed by atoms with Gasteiger partial charge < -0.3 is 5.32 Å². The predicted molar refractivity (Wildman–Crippen MR) is 69.3 cm³/mol. The van der Waals surface area contributed by atoms with E-state index in [4.69, 9.17) is 0 Å². The summed E-state index contributed by atoms with van der Waals surface area (Å²) < 4.78 is 0. The average Bonchev–Trinajstić information content (AvgIpc) is 3.11. The molecule has 0 aliphatic heterocycles. The van der Waals surface area contributed by atoms with Gasteiger partial charge in [0.2, 0.25) is 0 Å². The lowest BCUT2D eigenvalue weighted by Crippen LogP contribution is -2.31. The summed E-state index contributed by atoms with van der Waals surface area (Å²) in [5.74, 6) is 0.842. The molecule has 1 fully saturated rings. The van der Waals surface area contributed by atoms with Crippen molar-refractivity contribution < 1.29 is 0 Å². The minimum absolute atomic E-state index is 0.517. The third-order valence-electron chi connectivity index (χ3n) is 3.24. The molecule has 1 aromatic rings. The normalized spacial score (nSPS) is 19.1. The molecule has 1 aromatic carbocycles. The number of nitrogens with one attached hydrogen (secondary N) is 1. The van der Waals surface area contributed by atoms with Crippen molar-refractivity contribution in [1.29, 1.82) is 0 Å². The van der Waals surface area contributed by atoms with E-state index < -0.39 is 0 Å². The lowest BCUT2D eigenvalue weighted by molar-refractivity contribution is 0.421. The van der Waals surface area contributed by atoms with Gasteiger partial charge in [-0.1, -0.05) is 36.4 Å². The molecule has 1 heteroatoms. The first-order chi connectivity index (χ1) is 7.81. The summed E-state index contributed by atoms with van der Waals surface area (Å²) in [5.41, 5.74) is 1.43. The van der Waals surface area contributed by atoms with Crippen LogP contribution in [0.2, 0.25) is 0 Å². The van der Waals surface area contributed by atoms with E-state index in [0.29, 0.717) is 12.1 Å². The second-order valence-corrected chi connectivity index (χ2v) is 4.82. The molecule has 1 N–H and O–H groups in total. The van der Waals surface area contributed by atoms with Crippen LogP contribution in [0.4, 0.5) is 0 Å². The molecule has 1 aliphatic rings. The highest BCUT2D eigenvalue weighted by molar-refractivity contribution is 5.21. The van der Waals surface area contributed by atoms with Crippen LogP contribution < -0.4 is 5.32 Å². The van der Waals surface area contributed by atoms with Crippen LogP contribution in [-0.4, -0.2) is 6.04 Å². The molecule has 2 rings (SSSR count). The molecule has 0 spiro atoms.